The van der Waals surface area contributed by atoms with E-state index < -0.39 is 0 Å². The Kier molecular flexibility index (Phi) is 3.62. The number of ether oxygens (including phenoxy) is 1. The number of amides is 1. The van der Waals surface area contributed by atoms with E-state index in [1.165, 1.54) is 0 Å². The Morgan fingerprint density at radius 1 is 1.44 bits per heavy atom. The average molecular weight is 245 g/mol. The van der Waals surface area contributed by atoms with Gasteiger partial charge in [-0.15, -0.1) is 0 Å². The van der Waals surface area contributed by atoms with Gasteiger partial charge in [-0.2, -0.15) is 5.10 Å². The molecule has 5 heteroatoms. The van der Waals surface area contributed by atoms with Gasteiger partial charge in [-0.1, -0.05) is 12.1 Å². The first-order valence-corrected chi connectivity index (χ1v) is 5.76. The van der Waals surface area contributed by atoms with Crippen LogP contribution < -0.4 is 10.1 Å². The standard InChI is InChI=1S/C13H15N3O2/c1-3-18-12-7-5-4-6-9(12)10-8-11(16-15-10)13(17)14-2/h4-8H,3H2,1-2H3,(H,14,17)(H,15,16). The highest BCUT2D eigenvalue weighted by atomic mass is 16.5. The molecule has 18 heavy (non-hydrogen) atoms. The summed E-state index contributed by atoms with van der Waals surface area (Å²) in [6, 6.07) is 9.31. The van der Waals surface area contributed by atoms with Crippen molar-refractivity contribution in [3.8, 4) is 17.0 Å². The van der Waals surface area contributed by atoms with Crippen LogP contribution in [0.5, 0.6) is 5.75 Å². The molecule has 2 aromatic rings. The zero-order valence-corrected chi connectivity index (χ0v) is 10.4. The van der Waals surface area contributed by atoms with Crippen LogP contribution in [0.4, 0.5) is 0 Å². The lowest BCUT2D eigenvalue weighted by Crippen LogP contribution is -2.17. The number of nitrogens with one attached hydrogen (secondary N) is 2. The Bertz CT molecular complexity index is 549. The van der Waals surface area contributed by atoms with E-state index in [9.17, 15) is 4.79 Å². The van der Waals surface area contributed by atoms with Gasteiger partial charge >= 0.3 is 0 Å². The lowest BCUT2D eigenvalue weighted by molar-refractivity contribution is 0.0958. The maximum atomic E-state index is 11.5. The predicted molar refractivity (Wildman–Crippen MR) is 68.6 cm³/mol. The van der Waals surface area contributed by atoms with E-state index in [1.807, 2.05) is 31.2 Å². The van der Waals surface area contributed by atoms with Crippen molar-refractivity contribution in [2.75, 3.05) is 13.7 Å². The average Bonchev–Trinajstić information content (AvgIpc) is 2.88. The number of carbonyl (C=O) groups excluding carboxylic acids is 1. The summed E-state index contributed by atoms with van der Waals surface area (Å²) in [5, 5.41) is 9.38. The highest BCUT2D eigenvalue weighted by molar-refractivity contribution is 5.93. The first-order chi connectivity index (χ1) is 8.76. The summed E-state index contributed by atoms with van der Waals surface area (Å²) in [5.41, 5.74) is 1.99. The molecule has 0 fully saturated rings. The Labute approximate surface area is 105 Å². The van der Waals surface area contributed by atoms with E-state index in [2.05, 4.69) is 15.5 Å². The Balaban J connectivity index is 2.36. The number of benzene rings is 1. The predicted octanol–water partition coefficient (Wildman–Crippen LogP) is 1.83. The van der Waals surface area contributed by atoms with Crippen LogP contribution in [0.15, 0.2) is 30.3 Å². The highest BCUT2D eigenvalue weighted by Crippen LogP contribution is 2.28. The van der Waals surface area contributed by atoms with Gasteiger partial charge in [-0.25, -0.2) is 0 Å². The van der Waals surface area contributed by atoms with Crippen molar-refractivity contribution in [2.45, 2.75) is 6.92 Å². The van der Waals surface area contributed by atoms with Crippen molar-refractivity contribution in [3.63, 3.8) is 0 Å². The van der Waals surface area contributed by atoms with Crippen molar-refractivity contribution in [3.05, 3.63) is 36.0 Å². The number of aromatic nitrogens is 2. The molecule has 2 rings (SSSR count). The number of hydrogen-bond donors (Lipinski definition) is 2. The molecule has 0 radical (unpaired) electrons. The van der Waals surface area contributed by atoms with E-state index in [4.69, 9.17) is 4.74 Å². The van der Waals surface area contributed by atoms with Crippen LogP contribution in [0.2, 0.25) is 0 Å². The molecular weight excluding hydrogens is 230 g/mol. The zero-order valence-electron chi connectivity index (χ0n) is 10.4. The van der Waals surface area contributed by atoms with Crippen LogP contribution in [-0.2, 0) is 0 Å². The molecule has 0 spiro atoms. The second-order valence-corrected chi connectivity index (χ2v) is 3.68. The van der Waals surface area contributed by atoms with Gasteiger partial charge in [0.05, 0.1) is 12.3 Å². The number of rotatable bonds is 4. The van der Waals surface area contributed by atoms with Gasteiger partial charge < -0.3 is 10.1 Å². The lowest BCUT2D eigenvalue weighted by atomic mass is 10.1. The molecule has 0 aliphatic heterocycles. The molecular formula is C13H15N3O2. The van der Waals surface area contributed by atoms with Crippen LogP contribution in [0.1, 0.15) is 17.4 Å². The van der Waals surface area contributed by atoms with E-state index in [0.717, 1.165) is 11.3 Å². The Morgan fingerprint density at radius 3 is 2.94 bits per heavy atom. The molecule has 1 amide bonds. The van der Waals surface area contributed by atoms with Gasteiger partial charge in [0.2, 0.25) is 0 Å². The van der Waals surface area contributed by atoms with Crippen LogP contribution in [-0.4, -0.2) is 29.8 Å². The molecule has 1 heterocycles. The molecule has 1 aromatic heterocycles. The summed E-state index contributed by atoms with van der Waals surface area (Å²) in [7, 11) is 1.58. The third-order valence-corrected chi connectivity index (χ3v) is 2.51. The molecule has 1 aromatic carbocycles. The topological polar surface area (TPSA) is 67.0 Å². The first-order valence-electron chi connectivity index (χ1n) is 5.76. The van der Waals surface area contributed by atoms with Gasteiger partial charge in [-0.3, -0.25) is 9.89 Å². The summed E-state index contributed by atoms with van der Waals surface area (Å²) in [4.78, 5) is 11.5. The normalized spacial score (nSPS) is 10.1. The van der Waals surface area contributed by atoms with Gasteiger partial charge in [0, 0.05) is 12.6 Å². The van der Waals surface area contributed by atoms with Crippen molar-refractivity contribution in [2.24, 2.45) is 0 Å². The fraction of sp³-hybridized carbons (Fsp3) is 0.231. The second kappa shape index (κ2) is 5.35. The molecule has 0 bridgehead atoms. The third-order valence-electron chi connectivity index (χ3n) is 2.51. The van der Waals surface area contributed by atoms with E-state index >= 15 is 0 Å². The maximum Gasteiger partial charge on any atom is 0.269 e. The van der Waals surface area contributed by atoms with Crippen LogP contribution in [0, 0.1) is 0 Å². The van der Waals surface area contributed by atoms with Crippen molar-refractivity contribution in [1.82, 2.24) is 15.5 Å². The van der Waals surface area contributed by atoms with E-state index in [-0.39, 0.29) is 5.91 Å². The van der Waals surface area contributed by atoms with E-state index in [1.54, 1.807) is 13.1 Å². The van der Waals surface area contributed by atoms with Gasteiger partial charge in [-0.05, 0) is 25.1 Å². The largest absolute Gasteiger partial charge is 0.493 e. The molecule has 0 aliphatic carbocycles. The number of aromatic amines is 1. The molecule has 0 atom stereocenters. The number of H-pyrrole nitrogens is 1. The van der Waals surface area contributed by atoms with Crippen molar-refractivity contribution < 1.29 is 9.53 Å². The van der Waals surface area contributed by atoms with Crippen LogP contribution >= 0.6 is 0 Å². The minimum absolute atomic E-state index is 0.192. The van der Waals surface area contributed by atoms with Gasteiger partial charge in [0.15, 0.2) is 0 Å². The van der Waals surface area contributed by atoms with Crippen LogP contribution in [0.3, 0.4) is 0 Å². The molecule has 0 saturated heterocycles. The minimum atomic E-state index is -0.192. The number of hydrogen-bond acceptors (Lipinski definition) is 3. The summed E-state index contributed by atoms with van der Waals surface area (Å²) >= 11 is 0. The quantitative estimate of drug-likeness (QED) is 0.863. The van der Waals surface area contributed by atoms with Crippen molar-refractivity contribution >= 4 is 5.91 Å². The SMILES string of the molecule is CCOc1ccccc1-c1cc(C(=O)NC)[nH]n1. The summed E-state index contributed by atoms with van der Waals surface area (Å²) < 4.78 is 5.53. The molecule has 0 aliphatic rings. The summed E-state index contributed by atoms with van der Waals surface area (Å²) in [6.45, 7) is 2.51. The number of carbonyl (C=O) groups is 1. The zero-order chi connectivity index (χ0) is 13.0. The maximum absolute atomic E-state index is 11.5. The Hall–Kier alpha value is -2.30. The van der Waals surface area contributed by atoms with Crippen LogP contribution in [0.25, 0.3) is 11.3 Å². The third kappa shape index (κ3) is 2.34. The molecule has 0 unspecified atom stereocenters. The second-order valence-electron chi connectivity index (χ2n) is 3.68. The first kappa shape index (κ1) is 12.2. The fourth-order valence-electron chi connectivity index (χ4n) is 1.67. The van der Waals surface area contributed by atoms with Gasteiger partial charge in [0.1, 0.15) is 11.4 Å². The molecule has 0 saturated carbocycles. The molecule has 2 N–H and O–H groups in total. The number of para-hydroxylation sites is 1. The fourth-order valence-corrected chi connectivity index (χ4v) is 1.67. The smallest absolute Gasteiger partial charge is 0.269 e. The summed E-state index contributed by atoms with van der Waals surface area (Å²) in [5.74, 6) is 0.567. The van der Waals surface area contributed by atoms with Crippen molar-refractivity contribution in [1.29, 1.82) is 0 Å². The molecule has 5 nitrogen and oxygen atoms in total. The van der Waals surface area contributed by atoms with E-state index in [0.29, 0.717) is 18.0 Å². The monoisotopic (exact) mass is 245 g/mol. The lowest BCUT2D eigenvalue weighted by Gasteiger charge is -2.07. The Morgan fingerprint density at radius 2 is 2.22 bits per heavy atom. The minimum Gasteiger partial charge on any atom is -0.493 e. The summed E-state index contributed by atoms with van der Waals surface area (Å²) in [6.07, 6.45) is 0. The van der Waals surface area contributed by atoms with Gasteiger partial charge in [0.25, 0.3) is 5.91 Å². The molecule has 94 valence electrons. The number of nitrogens with zero attached hydrogens (tertiary/aromatic N) is 1. The highest BCUT2D eigenvalue weighted by Gasteiger charge is 2.12.